The first kappa shape index (κ1) is 13.2. The zero-order chi connectivity index (χ0) is 11.5. The minimum atomic E-state index is -0.815. The Labute approximate surface area is 97.0 Å². The molecule has 2 nitrogen and oxygen atoms in total. The SMILES string of the molecule is CCC[C@@H]1CCCN([S@](=O)C(C)(C)C)C1. The van der Waals surface area contributed by atoms with E-state index in [2.05, 4.69) is 32.0 Å². The molecule has 1 heterocycles. The molecular formula is C12H25NOS. The molecule has 1 aliphatic rings. The summed E-state index contributed by atoms with van der Waals surface area (Å²) in [6.07, 6.45) is 5.08. The van der Waals surface area contributed by atoms with Crippen molar-refractivity contribution < 1.29 is 4.21 Å². The summed E-state index contributed by atoms with van der Waals surface area (Å²) in [6, 6.07) is 0. The molecule has 90 valence electrons. The van der Waals surface area contributed by atoms with Crippen LogP contribution < -0.4 is 0 Å². The molecule has 0 saturated carbocycles. The van der Waals surface area contributed by atoms with Gasteiger partial charge in [0, 0.05) is 13.1 Å². The molecule has 1 rings (SSSR count). The van der Waals surface area contributed by atoms with Crippen LogP contribution in [0.15, 0.2) is 0 Å². The van der Waals surface area contributed by atoms with Gasteiger partial charge in [0.1, 0.15) is 0 Å². The van der Waals surface area contributed by atoms with Crippen molar-refractivity contribution in [1.29, 1.82) is 0 Å². The van der Waals surface area contributed by atoms with Crippen LogP contribution in [0.1, 0.15) is 53.4 Å². The summed E-state index contributed by atoms with van der Waals surface area (Å²) in [5.41, 5.74) is 0. The average molecular weight is 231 g/mol. The second-order valence-corrected chi connectivity index (χ2v) is 7.79. The summed E-state index contributed by atoms with van der Waals surface area (Å²) in [7, 11) is -0.815. The van der Waals surface area contributed by atoms with E-state index >= 15 is 0 Å². The molecule has 0 amide bonds. The van der Waals surface area contributed by atoms with Gasteiger partial charge in [-0.15, -0.1) is 0 Å². The van der Waals surface area contributed by atoms with E-state index < -0.39 is 11.0 Å². The molecule has 15 heavy (non-hydrogen) atoms. The van der Waals surface area contributed by atoms with Crippen LogP contribution in [0, 0.1) is 5.92 Å². The molecule has 1 saturated heterocycles. The van der Waals surface area contributed by atoms with Gasteiger partial charge >= 0.3 is 0 Å². The Kier molecular flexibility index (Phi) is 4.78. The summed E-state index contributed by atoms with van der Waals surface area (Å²) >= 11 is 0. The Morgan fingerprint density at radius 1 is 1.40 bits per heavy atom. The van der Waals surface area contributed by atoms with Crippen molar-refractivity contribution in [2.75, 3.05) is 13.1 Å². The summed E-state index contributed by atoms with van der Waals surface area (Å²) in [5.74, 6) is 0.773. The predicted molar refractivity (Wildman–Crippen MR) is 67.1 cm³/mol. The topological polar surface area (TPSA) is 20.3 Å². The zero-order valence-electron chi connectivity index (χ0n) is 10.6. The van der Waals surface area contributed by atoms with Crippen LogP contribution in [-0.4, -0.2) is 26.4 Å². The van der Waals surface area contributed by atoms with E-state index in [1.54, 1.807) is 0 Å². The maximum atomic E-state index is 12.2. The summed E-state index contributed by atoms with van der Waals surface area (Å²) < 4.78 is 14.3. The molecule has 0 N–H and O–H groups in total. The monoisotopic (exact) mass is 231 g/mol. The van der Waals surface area contributed by atoms with Gasteiger partial charge in [-0.1, -0.05) is 13.3 Å². The van der Waals surface area contributed by atoms with E-state index in [1.807, 2.05) is 0 Å². The Morgan fingerprint density at radius 3 is 2.60 bits per heavy atom. The highest BCUT2D eigenvalue weighted by molar-refractivity contribution is 7.84. The minimum Gasteiger partial charge on any atom is -0.242 e. The number of nitrogens with zero attached hydrogens (tertiary/aromatic N) is 1. The molecule has 0 aromatic rings. The second kappa shape index (κ2) is 5.44. The van der Waals surface area contributed by atoms with Gasteiger partial charge in [0.2, 0.25) is 0 Å². The quantitative estimate of drug-likeness (QED) is 0.731. The molecule has 0 radical (unpaired) electrons. The Hall–Kier alpha value is 0.110. The van der Waals surface area contributed by atoms with E-state index in [9.17, 15) is 4.21 Å². The van der Waals surface area contributed by atoms with E-state index in [0.717, 1.165) is 19.0 Å². The fraction of sp³-hybridized carbons (Fsp3) is 1.00. The molecule has 0 spiro atoms. The van der Waals surface area contributed by atoms with Gasteiger partial charge in [0.25, 0.3) is 0 Å². The highest BCUT2D eigenvalue weighted by atomic mass is 32.2. The first-order chi connectivity index (χ1) is 6.95. The van der Waals surface area contributed by atoms with Gasteiger partial charge < -0.3 is 0 Å². The van der Waals surface area contributed by atoms with Crippen molar-refractivity contribution in [2.45, 2.75) is 58.1 Å². The first-order valence-electron chi connectivity index (χ1n) is 6.12. The zero-order valence-corrected chi connectivity index (χ0v) is 11.4. The van der Waals surface area contributed by atoms with Gasteiger partial charge in [-0.25, -0.2) is 8.51 Å². The lowest BCUT2D eigenvalue weighted by Gasteiger charge is -2.35. The highest BCUT2D eigenvalue weighted by Crippen LogP contribution is 2.25. The fourth-order valence-corrected chi connectivity index (χ4v) is 3.62. The molecule has 0 bridgehead atoms. The fourth-order valence-electron chi connectivity index (χ4n) is 2.21. The summed E-state index contributed by atoms with van der Waals surface area (Å²) in [5, 5.41) is 0. The molecule has 0 unspecified atom stereocenters. The molecule has 3 heteroatoms. The lowest BCUT2D eigenvalue weighted by atomic mass is 9.95. The van der Waals surface area contributed by atoms with Crippen molar-refractivity contribution >= 4 is 11.0 Å². The molecule has 0 aromatic carbocycles. The molecule has 0 aromatic heterocycles. The first-order valence-corrected chi connectivity index (χ1v) is 7.22. The number of hydrogen-bond donors (Lipinski definition) is 0. The van der Waals surface area contributed by atoms with Gasteiger partial charge in [0.05, 0.1) is 15.7 Å². The average Bonchev–Trinajstić information content (AvgIpc) is 2.16. The van der Waals surface area contributed by atoms with Crippen molar-refractivity contribution in [3.63, 3.8) is 0 Å². The maximum absolute atomic E-state index is 12.2. The third kappa shape index (κ3) is 3.87. The van der Waals surface area contributed by atoms with Gasteiger partial charge in [-0.2, -0.15) is 0 Å². The van der Waals surface area contributed by atoms with Gasteiger partial charge in [-0.3, -0.25) is 0 Å². The molecular weight excluding hydrogens is 206 g/mol. The van der Waals surface area contributed by atoms with Crippen LogP contribution in [0.2, 0.25) is 0 Å². The second-order valence-electron chi connectivity index (χ2n) is 5.55. The summed E-state index contributed by atoms with van der Waals surface area (Å²) in [4.78, 5) is 0. The van der Waals surface area contributed by atoms with Crippen LogP contribution in [0.5, 0.6) is 0 Å². The van der Waals surface area contributed by atoms with E-state index in [4.69, 9.17) is 0 Å². The van der Waals surface area contributed by atoms with Crippen molar-refractivity contribution in [3.8, 4) is 0 Å². The van der Waals surface area contributed by atoms with Crippen LogP contribution >= 0.6 is 0 Å². The molecule has 1 fully saturated rings. The van der Waals surface area contributed by atoms with Gasteiger partial charge in [-0.05, 0) is 46.0 Å². The molecule has 0 aliphatic carbocycles. The van der Waals surface area contributed by atoms with Crippen LogP contribution in [-0.2, 0) is 11.0 Å². The standard InChI is InChI=1S/C12H25NOS/c1-5-7-11-8-6-9-13(10-11)15(14)12(2,3)4/h11H,5-10H2,1-4H3/t11-,15-/m1/s1. The van der Waals surface area contributed by atoms with Crippen molar-refractivity contribution in [2.24, 2.45) is 5.92 Å². The van der Waals surface area contributed by atoms with Crippen LogP contribution in [0.25, 0.3) is 0 Å². The van der Waals surface area contributed by atoms with E-state index in [-0.39, 0.29) is 4.75 Å². The van der Waals surface area contributed by atoms with E-state index in [0.29, 0.717) is 0 Å². The number of piperidine rings is 1. The minimum absolute atomic E-state index is 0.103. The Balaban J connectivity index is 2.52. The van der Waals surface area contributed by atoms with Crippen LogP contribution in [0.4, 0.5) is 0 Å². The Morgan fingerprint density at radius 2 is 2.07 bits per heavy atom. The smallest absolute Gasteiger partial charge is 0.0997 e. The lowest BCUT2D eigenvalue weighted by molar-refractivity contribution is 0.260. The number of rotatable bonds is 3. The predicted octanol–water partition coefficient (Wildman–Crippen LogP) is 2.96. The van der Waals surface area contributed by atoms with Gasteiger partial charge in [0.15, 0.2) is 0 Å². The molecule has 2 atom stereocenters. The summed E-state index contributed by atoms with van der Waals surface area (Å²) in [6.45, 7) is 10.5. The largest absolute Gasteiger partial charge is 0.242 e. The third-order valence-corrected chi connectivity index (χ3v) is 4.79. The lowest BCUT2D eigenvalue weighted by Crippen LogP contribution is -2.43. The van der Waals surface area contributed by atoms with Crippen molar-refractivity contribution in [3.05, 3.63) is 0 Å². The molecule has 1 aliphatic heterocycles. The Bertz CT molecular complexity index is 220. The third-order valence-electron chi connectivity index (χ3n) is 2.94. The van der Waals surface area contributed by atoms with E-state index in [1.165, 1.54) is 25.7 Å². The number of hydrogen-bond acceptors (Lipinski definition) is 1. The normalized spacial score (nSPS) is 26.5. The van der Waals surface area contributed by atoms with Crippen LogP contribution in [0.3, 0.4) is 0 Å². The van der Waals surface area contributed by atoms with Crippen molar-refractivity contribution in [1.82, 2.24) is 4.31 Å². The maximum Gasteiger partial charge on any atom is 0.0997 e. The highest BCUT2D eigenvalue weighted by Gasteiger charge is 2.29.